The number of hydrogen-bond donors (Lipinski definition) is 2. The fraction of sp³-hybridized carbons (Fsp3) is 0.267. The Bertz CT molecular complexity index is 794. The predicted octanol–water partition coefficient (Wildman–Crippen LogP) is 1.31. The van der Waals surface area contributed by atoms with Crippen LogP contribution in [-0.2, 0) is 9.59 Å². The Kier molecular flexibility index (Phi) is 3.65. The maximum Gasteiger partial charge on any atom is 0.252 e. The minimum atomic E-state index is -0.706. The van der Waals surface area contributed by atoms with Gasteiger partial charge in [-0.25, -0.2) is 4.68 Å². The first-order chi connectivity index (χ1) is 10.9. The van der Waals surface area contributed by atoms with E-state index in [0.29, 0.717) is 23.0 Å². The van der Waals surface area contributed by atoms with Gasteiger partial charge in [-0.1, -0.05) is 0 Å². The number of carbonyl (C=O) groups is 3. The smallest absolute Gasteiger partial charge is 0.252 e. The van der Waals surface area contributed by atoms with E-state index in [9.17, 15) is 14.4 Å². The maximum atomic E-state index is 12.1. The molecule has 2 amide bonds. The number of nitrogens with zero attached hydrogens (tertiary/aromatic N) is 3. The molecule has 23 heavy (non-hydrogen) atoms. The number of aryl methyl sites for hydroxylation is 1. The summed E-state index contributed by atoms with van der Waals surface area (Å²) in [5.41, 5.74) is 1.13. The highest BCUT2D eigenvalue weighted by molar-refractivity contribution is 6.01. The monoisotopic (exact) mass is 313 g/mol. The van der Waals surface area contributed by atoms with Gasteiger partial charge in [0.1, 0.15) is 11.9 Å². The molecule has 2 heterocycles. The number of hydrogen-bond acceptors (Lipinski definition) is 5. The number of carbonyl (C=O) groups excluding carboxylic acids is 3. The molecule has 1 aliphatic rings. The average Bonchev–Trinajstić information content (AvgIpc) is 2.97. The number of nitrogens with one attached hydrogen (secondary N) is 2. The van der Waals surface area contributed by atoms with E-state index < -0.39 is 6.04 Å². The minimum absolute atomic E-state index is 0.0421. The number of anilines is 2. The Labute approximate surface area is 131 Å². The van der Waals surface area contributed by atoms with E-state index in [-0.39, 0.29) is 24.0 Å². The molecule has 3 rings (SSSR count). The summed E-state index contributed by atoms with van der Waals surface area (Å²) in [7, 11) is 0. The highest BCUT2D eigenvalue weighted by Gasteiger charge is 2.34. The average molecular weight is 313 g/mol. The van der Waals surface area contributed by atoms with Gasteiger partial charge in [-0.3, -0.25) is 19.7 Å². The SMILES string of the molecule is CC(=O)c1ccc(NC(=O)CC2C(=O)Nc3nc(C)nn32)cc1. The van der Waals surface area contributed by atoms with Gasteiger partial charge in [0.05, 0.1) is 6.42 Å². The number of rotatable bonds is 4. The molecule has 0 saturated carbocycles. The lowest BCUT2D eigenvalue weighted by molar-refractivity contribution is -0.123. The van der Waals surface area contributed by atoms with Gasteiger partial charge in [0.15, 0.2) is 5.78 Å². The van der Waals surface area contributed by atoms with Gasteiger partial charge < -0.3 is 5.32 Å². The topological polar surface area (TPSA) is 106 Å². The van der Waals surface area contributed by atoms with Crippen LogP contribution in [0.25, 0.3) is 0 Å². The largest absolute Gasteiger partial charge is 0.326 e. The molecule has 8 heteroatoms. The lowest BCUT2D eigenvalue weighted by Crippen LogP contribution is -2.23. The Morgan fingerprint density at radius 1 is 1.30 bits per heavy atom. The quantitative estimate of drug-likeness (QED) is 0.828. The third-order valence-corrected chi connectivity index (χ3v) is 3.52. The van der Waals surface area contributed by atoms with Crippen molar-refractivity contribution in [3.63, 3.8) is 0 Å². The number of fused-ring (bicyclic) bond motifs is 1. The second kappa shape index (κ2) is 5.64. The van der Waals surface area contributed by atoms with Gasteiger partial charge in [0.25, 0.3) is 5.91 Å². The molecular formula is C15H15N5O3. The summed E-state index contributed by atoms with van der Waals surface area (Å²) < 4.78 is 1.43. The van der Waals surface area contributed by atoms with Gasteiger partial charge in [-0.15, -0.1) is 0 Å². The molecule has 118 valence electrons. The number of Topliss-reactive ketones (excluding diaryl/α,β-unsaturated/α-hetero) is 1. The molecule has 1 aromatic carbocycles. The second-order valence-electron chi connectivity index (χ2n) is 5.32. The number of benzene rings is 1. The normalized spacial score (nSPS) is 15.9. The first-order valence-corrected chi connectivity index (χ1v) is 7.09. The lowest BCUT2D eigenvalue weighted by Gasteiger charge is -2.10. The second-order valence-corrected chi connectivity index (χ2v) is 5.32. The van der Waals surface area contributed by atoms with Crippen LogP contribution in [-0.4, -0.2) is 32.4 Å². The Morgan fingerprint density at radius 3 is 2.65 bits per heavy atom. The lowest BCUT2D eigenvalue weighted by atomic mass is 10.1. The van der Waals surface area contributed by atoms with E-state index >= 15 is 0 Å². The van der Waals surface area contributed by atoms with Crippen molar-refractivity contribution in [1.82, 2.24) is 14.8 Å². The van der Waals surface area contributed by atoms with Crippen molar-refractivity contribution >= 4 is 29.2 Å². The van der Waals surface area contributed by atoms with Gasteiger partial charge >= 0.3 is 0 Å². The Balaban J connectivity index is 1.67. The van der Waals surface area contributed by atoms with E-state index in [1.165, 1.54) is 11.6 Å². The molecular weight excluding hydrogens is 298 g/mol. The first-order valence-electron chi connectivity index (χ1n) is 7.09. The van der Waals surface area contributed by atoms with Gasteiger partial charge in [0, 0.05) is 11.3 Å². The summed E-state index contributed by atoms with van der Waals surface area (Å²) in [5, 5.41) is 9.41. The van der Waals surface area contributed by atoms with Crippen LogP contribution in [0.5, 0.6) is 0 Å². The van der Waals surface area contributed by atoms with Crippen molar-refractivity contribution in [2.45, 2.75) is 26.3 Å². The molecule has 1 atom stereocenters. The van der Waals surface area contributed by atoms with Crippen molar-refractivity contribution in [1.29, 1.82) is 0 Å². The Morgan fingerprint density at radius 2 is 2.00 bits per heavy atom. The summed E-state index contributed by atoms with van der Waals surface area (Å²) in [6.07, 6.45) is -0.0455. The number of aromatic nitrogens is 3. The van der Waals surface area contributed by atoms with Crippen molar-refractivity contribution in [2.75, 3.05) is 10.6 Å². The minimum Gasteiger partial charge on any atom is -0.326 e. The first kappa shape index (κ1) is 14.9. The standard InChI is InChI=1S/C15H15N5O3/c1-8(21)10-3-5-11(6-4-10)17-13(22)7-12-14(23)18-15-16-9(2)19-20(12)15/h3-6,12H,7H2,1-2H3,(H,17,22)(H,16,18,19,23). The van der Waals surface area contributed by atoms with E-state index in [1.54, 1.807) is 31.2 Å². The molecule has 1 unspecified atom stereocenters. The van der Waals surface area contributed by atoms with Crippen LogP contribution >= 0.6 is 0 Å². The number of amides is 2. The zero-order chi connectivity index (χ0) is 16.6. The van der Waals surface area contributed by atoms with E-state index in [0.717, 1.165) is 0 Å². The molecule has 0 radical (unpaired) electrons. The van der Waals surface area contributed by atoms with Gasteiger partial charge in [0.2, 0.25) is 11.9 Å². The van der Waals surface area contributed by atoms with E-state index in [4.69, 9.17) is 0 Å². The summed E-state index contributed by atoms with van der Waals surface area (Å²) in [6.45, 7) is 3.19. The molecule has 0 saturated heterocycles. The molecule has 0 fully saturated rings. The summed E-state index contributed by atoms with van der Waals surface area (Å²) in [4.78, 5) is 39.3. The molecule has 0 bridgehead atoms. The maximum absolute atomic E-state index is 12.1. The van der Waals surface area contributed by atoms with Crippen LogP contribution in [0.4, 0.5) is 11.6 Å². The molecule has 2 aromatic rings. The molecule has 2 N–H and O–H groups in total. The molecule has 0 aliphatic carbocycles. The van der Waals surface area contributed by atoms with Crippen LogP contribution in [0.15, 0.2) is 24.3 Å². The molecule has 8 nitrogen and oxygen atoms in total. The molecule has 0 spiro atoms. The van der Waals surface area contributed by atoms with Crippen LogP contribution in [0.3, 0.4) is 0 Å². The zero-order valence-electron chi connectivity index (χ0n) is 12.7. The predicted molar refractivity (Wildman–Crippen MR) is 82.1 cm³/mol. The van der Waals surface area contributed by atoms with Crippen molar-refractivity contribution in [2.24, 2.45) is 0 Å². The fourth-order valence-electron chi connectivity index (χ4n) is 2.39. The highest BCUT2D eigenvalue weighted by atomic mass is 16.2. The Hall–Kier alpha value is -3.03. The third kappa shape index (κ3) is 2.96. The zero-order valence-corrected chi connectivity index (χ0v) is 12.7. The molecule has 1 aliphatic heterocycles. The van der Waals surface area contributed by atoms with Crippen LogP contribution < -0.4 is 10.6 Å². The van der Waals surface area contributed by atoms with E-state index in [2.05, 4.69) is 20.7 Å². The summed E-state index contributed by atoms with van der Waals surface area (Å²) >= 11 is 0. The van der Waals surface area contributed by atoms with E-state index in [1.807, 2.05) is 0 Å². The van der Waals surface area contributed by atoms with Crippen LogP contribution in [0.2, 0.25) is 0 Å². The third-order valence-electron chi connectivity index (χ3n) is 3.52. The summed E-state index contributed by atoms with van der Waals surface area (Å²) in [5.74, 6) is 0.227. The summed E-state index contributed by atoms with van der Waals surface area (Å²) in [6, 6.07) is 5.86. The number of ketones is 1. The van der Waals surface area contributed by atoms with Crippen molar-refractivity contribution in [3.05, 3.63) is 35.7 Å². The fourth-order valence-corrected chi connectivity index (χ4v) is 2.39. The van der Waals surface area contributed by atoms with Crippen molar-refractivity contribution in [3.8, 4) is 0 Å². The van der Waals surface area contributed by atoms with Crippen molar-refractivity contribution < 1.29 is 14.4 Å². The van der Waals surface area contributed by atoms with Crippen LogP contribution in [0.1, 0.15) is 35.6 Å². The molecule has 1 aromatic heterocycles. The van der Waals surface area contributed by atoms with Gasteiger partial charge in [-0.2, -0.15) is 10.1 Å². The van der Waals surface area contributed by atoms with Crippen LogP contribution in [0, 0.1) is 6.92 Å². The van der Waals surface area contributed by atoms with Gasteiger partial charge in [-0.05, 0) is 38.1 Å². The highest BCUT2D eigenvalue weighted by Crippen LogP contribution is 2.25.